The monoisotopic (exact) mass is 589 g/mol. The molecule has 0 aliphatic carbocycles. The van der Waals surface area contributed by atoms with Crippen molar-refractivity contribution in [3.8, 4) is 5.75 Å². The fraction of sp³-hybridized carbons (Fsp3) is 0.188. The molecule has 2 amide bonds. The smallest absolute Gasteiger partial charge is 0.261 e. The molecule has 1 atom stereocenters. The van der Waals surface area contributed by atoms with E-state index in [2.05, 4.69) is 10.0 Å². The minimum Gasteiger partial charge on any atom is -0.484 e. The normalized spacial score (nSPS) is 11.8. The summed E-state index contributed by atoms with van der Waals surface area (Å²) in [6.45, 7) is 3.83. The predicted octanol–water partition coefficient (Wildman–Crippen LogP) is 5.05. The van der Waals surface area contributed by atoms with Gasteiger partial charge < -0.3 is 15.0 Å². The first-order chi connectivity index (χ1) is 20.1. The fourth-order valence-corrected chi connectivity index (χ4v) is 5.14. The van der Waals surface area contributed by atoms with E-state index in [0.717, 1.165) is 28.8 Å². The first kappa shape index (κ1) is 30.3. The van der Waals surface area contributed by atoms with Gasteiger partial charge >= 0.3 is 0 Å². The van der Waals surface area contributed by atoms with Gasteiger partial charge in [0.2, 0.25) is 5.91 Å². The van der Waals surface area contributed by atoms with Crippen LogP contribution in [0.5, 0.6) is 5.75 Å². The Morgan fingerprint density at radius 2 is 1.50 bits per heavy atom. The SMILES string of the molecule is Cc1ccc(CNC(=O)[C@H](C)N(Cc2ccccc2)C(=O)COc2ccc(S(=O)(=O)Nc3ccc(F)cc3)cc2)cc1. The summed E-state index contributed by atoms with van der Waals surface area (Å²) in [7, 11) is -3.92. The van der Waals surface area contributed by atoms with Crippen molar-refractivity contribution >= 4 is 27.5 Å². The van der Waals surface area contributed by atoms with Crippen molar-refractivity contribution in [2.75, 3.05) is 11.3 Å². The van der Waals surface area contributed by atoms with Crippen molar-refractivity contribution in [1.29, 1.82) is 0 Å². The number of anilines is 1. The number of ether oxygens (including phenoxy) is 1. The molecule has 0 fully saturated rings. The Labute approximate surface area is 245 Å². The average Bonchev–Trinajstić information content (AvgIpc) is 2.99. The second kappa shape index (κ2) is 13.8. The van der Waals surface area contributed by atoms with Crippen molar-refractivity contribution < 1.29 is 27.1 Å². The third kappa shape index (κ3) is 8.40. The molecule has 0 unspecified atom stereocenters. The van der Waals surface area contributed by atoms with Gasteiger partial charge in [-0.25, -0.2) is 12.8 Å². The maximum atomic E-state index is 13.3. The lowest BCUT2D eigenvalue weighted by molar-refractivity contribution is -0.142. The third-order valence-corrected chi connectivity index (χ3v) is 7.94. The molecule has 0 heterocycles. The minimum atomic E-state index is -3.92. The number of benzene rings is 4. The maximum Gasteiger partial charge on any atom is 0.261 e. The van der Waals surface area contributed by atoms with Crippen LogP contribution in [-0.4, -0.2) is 37.8 Å². The summed E-state index contributed by atoms with van der Waals surface area (Å²) < 4.78 is 46.5. The number of rotatable bonds is 12. The van der Waals surface area contributed by atoms with Gasteiger partial charge in [0.1, 0.15) is 17.6 Å². The second-order valence-electron chi connectivity index (χ2n) is 9.76. The van der Waals surface area contributed by atoms with Gasteiger partial charge in [-0.3, -0.25) is 14.3 Å². The summed E-state index contributed by atoms with van der Waals surface area (Å²) in [4.78, 5) is 27.8. The second-order valence-corrected chi connectivity index (χ2v) is 11.4. The van der Waals surface area contributed by atoms with Gasteiger partial charge in [-0.1, -0.05) is 60.2 Å². The zero-order valence-corrected chi connectivity index (χ0v) is 24.1. The molecule has 0 bridgehead atoms. The number of sulfonamides is 1. The Morgan fingerprint density at radius 1 is 0.857 bits per heavy atom. The predicted molar refractivity (Wildman–Crippen MR) is 159 cm³/mol. The standard InChI is InChI=1S/C32H32FN3O5S/c1-23-8-10-25(11-9-23)20-34-32(38)24(2)36(21-26-6-4-3-5-7-26)31(37)22-41-29-16-18-30(19-17-29)42(39,40)35-28-14-12-27(33)13-15-28/h3-19,24,35H,20-22H2,1-2H3,(H,34,38)/t24-/m0/s1. The van der Waals surface area contributed by atoms with Crippen LogP contribution in [0.1, 0.15) is 23.6 Å². The summed E-state index contributed by atoms with van der Waals surface area (Å²) >= 11 is 0. The summed E-state index contributed by atoms with van der Waals surface area (Å²) in [6, 6.07) is 26.9. The highest BCUT2D eigenvalue weighted by Gasteiger charge is 2.26. The zero-order valence-electron chi connectivity index (χ0n) is 23.3. The van der Waals surface area contributed by atoms with Crippen molar-refractivity contribution in [3.05, 3.63) is 126 Å². The largest absolute Gasteiger partial charge is 0.484 e. The van der Waals surface area contributed by atoms with Crippen LogP contribution < -0.4 is 14.8 Å². The molecule has 2 N–H and O–H groups in total. The van der Waals surface area contributed by atoms with E-state index in [0.29, 0.717) is 6.54 Å². The van der Waals surface area contributed by atoms with E-state index in [-0.39, 0.29) is 35.4 Å². The van der Waals surface area contributed by atoms with E-state index >= 15 is 0 Å². The summed E-state index contributed by atoms with van der Waals surface area (Å²) in [6.07, 6.45) is 0. The zero-order chi connectivity index (χ0) is 30.1. The highest BCUT2D eigenvalue weighted by atomic mass is 32.2. The van der Waals surface area contributed by atoms with E-state index in [4.69, 9.17) is 4.74 Å². The number of nitrogens with zero attached hydrogens (tertiary/aromatic N) is 1. The molecule has 8 nitrogen and oxygen atoms in total. The fourth-order valence-electron chi connectivity index (χ4n) is 4.08. The number of hydrogen-bond donors (Lipinski definition) is 2. The van der Waals surface area contributed by atoms with Crippen LogP contribution in [0, 0.1) is 12.7 Å². The third-order valence-electron chi connectivity index (χ3n) is 6.54. The van der Waals surface area contributed by atoms with Crippen LogP contribution in [0.2, 0.25) is 0 Å². The molecular formula is C32H32FN3O5S. The minimum absolute atomic E-state index is 0.0323. The van der Waals surface area contributed by atoms with Gasteiger partial charge in [0.15, 0.2) is 6.61 Å². The lowest BCUT2D eigenvalue weighted by atomic mass is 10.1. The number of amides is 2. The van der Waals surface area contributed by atoms with Crippen molar-refractivity contribution in [2.45, 2.75) is 37.9 Å². The Kier molecular flexibility index (Phi) is 9.93. The topological polar surface area (TPSA) is 105 Å². The van der Waals surface area contributed by atoms with Crippen LogP contribution in [0.4, 0.5) is 10.1 Å². The first-order valence-electron chi connectivity index (χ1n) is 13.3. The number of halogens is 1. The van der Waals surface area contributed by atoms with E-state index in [1.54, 1.807) is 6.92 Å². The number of nitrogens with one attached hydrogen (secondary N) is 2. The maximum absolute atomic E-state index is 13.3. The van der Waals surface area contributed by atoms with E-state index in [1.807, 2.05) is 61.5 Å². The van der Waals surface area contributed by atoms with Gasteiger partial charge in [0, 0.05) is 18.8 Å². The molecule has 0 radical (unpaired) electrons. The van der Waals surface area contributed by atoms with Crippen LogP contribution in [0.15, 0.2) is 108 Å². The van der Waals surface area contributed by atoms with Gasteiger partial charge in [-0.2, -0.15) is 0 Å². The van der Waals surface area contributed by atoms with Crippen LogP contribution >= 0.6 is 0 Å². The molecular weight excluding hydrogens is 557 g/mol. The number of aryl methyl sites for hydroxylation is 1. The first-order valence-corrected chi connectivity index (χ1v) is 14.8. The molecule has 0 spiro atoms. The molecule has 4 aromatic rings. The molecule has 0 saturated heterocycles. The number of hydrogen-bond acceptors (Lipinski definition) is 5. The molecule has 4 rings (SSSR count). The summed E-state index contributed by atoms with van der Waals surface area (Å²) in [5.41, 5.74) is 3.14. The highest BCUT2D eigenvalue weighted by Crippen LogP contribution is 2.20. The average molecular weight is 590 g/mol. The van der Waals surface area contributed by atoms with Gasteiger partial charge in [-0.15, -0.1) is 0 Å². The molecule has 0 aliphatic heterocycles. The molecule has 10 heteroatoms. The Bertz CT molecular complexity index is 1600. The van der Waals surface area contributed by atoms with E-state index in [1.165, 1.54) is 41.3 Å². The molecule has 42 heavy (non-hydrogen) atoms. The summed E-state index contributed by atoms with van der Waals surface area (Å²) in [5.74, 6) is -0.914. The van der Waals surface area contributed by atoms with Crippen LogP contribution in [0.25, 0.3) is 0 Å². The van der Waals surface area contributed by atoms with E-state index in [9.17, 15) is 22.4 Å². The van der Waals surface area contributed by atoms with Crippen LogP contribution in [-0.2, 0) is 32.7 Å². The van der Waals surface area contributed by atoms with Gasteiger partial charge in [0.25, 0.3) is 15.9 Å². The van der Waals surface area contributed by atoms with Crippen molar-refractivity contribution in [3.63, 3.8) is 0 Å². The Balaban J connectivity index is 1.40. The Morgan fingerprint density at radius 3 is 2.14 bits per heavy atom. The van der Waals surface area contributed by atoms with Crippen molar-refractivity contribution in [1.82, 2.24) is 10.2 Å². The molecule has 0 aliphatic rings. The lowest BCUT2D eigenvalue weighted by Crippen LogP contribution is -2.48. The molecule has 218 valence electrons. The van der Waals surface area contributed by atoms with Crippen LogP contribution in [0.3, 0.4) is 0 Å². The molecule has 0 aromatic heterocycles. The quantitative estimate of drug-likeness (QED) is 0.241. The van der Waals surface area contributed by atoms with Crippen molar-refractivity contribution in [2.24, 2.45) is 0 Å². The Hall–Kier alpha value is -4.70. The summed E-state index contributed by atoms with van der Waals surface area (Å²) in [5, 5.41) is 2.90. The lowest BCUT2D eigenvalue weighted by Gasteiger charge is -2.28. The van der Waals surface area contributed by atoms with Gasteiger partial charge in [0.05, 0.1) is 4.90 Å². The van der Waals surface area contributed by atoms with E-state index < -0.39 is 27.8 Å². The number of carbonyl (C=O) groups is 2. The molecule has 4 aromatic carbocycles. The molecule has 0 saturated carbocycles. The highest BCUT2D eigenvalue weighted by molar-refractivity contribution is 7.92. The number of carbonyl (C=O) groups excluding carboxylic acids is 2. The van der Waals surface area contributed by atoms with Gasteiger partial charge in [-0.05, 0) is 73.5 Å².